The number of amides is 1. The summed E-state index contributed by atoms with van der Waals surface area (Å²) in [6.45, 7) is 1.73. The van der Waals surface area contributed by atoms with Crippen molar-refractivity contribution in [1.29, 1.82) is 5.26 Å². The number of hydrogen-bond donors (Lipinski definition) is 1. The Labute approximate surface area is 145 Å². The maximum Gasteiger partial charge on any atom is 0.275 e. The first-order chi connectivity index (χ1) is 11.5. The van der Waals surface area contributed by atoms with E-state index in [1.165, 1.54) is 4.80 Å². The van der Waals surface area contributed by atoms with Crippen molar-refractivity contribution in [2.75, 3.05) is 0 Å². The van der Waals surface area contributed by atoms with Gasteiger partial charge in [0.1, 0.15) is 5.54 Å². The average molecular weight is 344 g/mol. The Hall–Kier alpha value is -2.39. The largest absolute Gasteiger partial charge is 0.332 e. The summed E-state index contributed by atoms with van der Waals surface area (Å²) in [5.74, 6) is -0.357. The maximum absolute atomic E-state index is 12.6. The molecule has 6 nitrogen and oxygen atoms in total. The van der Waals surface area contributed by atoms with Gasteiger partial charge in [0.25, 0.3) is 5.91 Å². The second kappa shape index (κ2) is 6.62. The normalized spacial score (nSPS) is 16.4. The molecule has 1 aromatic carbocycles. The Morgan fingerprint density at radius 2 is 2.08 bits per heavy atom. The van der Waals surface area contributed by atoms with Crippen LogP contribution in [0, 0.1) is 18.3 Å². The van der Waals surface area contributed by atoms with E-state index < -0.39 is 5.54 Å². The summed E-state index contributed by atoms with van der Waals surface area (Å²) in [7, 11) is 0. The van der Waals surface area contributed by atoms with Crippen LogP contribution in [-0.2, 0) is 0 Å². The molecule has 7 heteroatoms. The lowest BCUT2D eigenvalue weighted by atomic mass is 9.83. The molecule has 0 saturated heterocycles. The number of aryl methyl sites for hydroxylation is 1. The first kappa shape index (κ1) is 16.5. The summed E-state index contributed by atoms with van der Waals surface area (Å²) in [5, 5.41) is 21.5. The van der Waals surface area contributed by atoms with E-state index in [2.05, 4.69) is 21.6 Å². The van der Waals surface area contributed by atoms with E-state index in [0.717, 1.165) is 19.3 Å². The first-order valence-corrected chi connectivity index (χ1v) is 8.34. The van der Waals surface area contributed by atoms with Gasteiger partial charge in [0.2, 0.25) is 0 Å². The number of aromatic nitrogens is 3. The van der Waals surface area contributed by atoms with Crippen LogP contribution in [-0.4, -0.2) is 26.4 Å². The van der Waals surface area contributed by atoms with E-state index in [1.807, 2.05) is 6.07 Å². The third kappa shape index (κ3) is 3.26. The fourth-order valence-corrected chi connectivity index (χ4v) is 3.19. The summed E-state index contributed by atoms with van der Waals surface area (Å²) < 4.78 is 0. The predicted octanol–water partition coefficient (Wildman–Crippen LogP) is 3.19. The van der Waals surface area contributed by atoms with Crippen LogP contribution in [0.5, 0.6) is 0 Å². The minimum absolute atomic E-state index is 0.232. The van der Waals surface area contributed by atoms with Gasteiger partial charge < -0.3 is 5.32 Å². The number of carbonyl (C=O) groups excluding carboxylic acids is 1. The first-order valence-electron chi connectivity index (χ1n) is 7.97. The van der Waals surface area contributed by atoms with Gasteiger partial charge in [0.05, 0.1) is 17.5 Å². The molecule has 1 aliphatic carbocycles. The van der Waals surface area contributed by atoms with Crippen molar-refractivity contribution in [3.05, 3.63) is 40.7 Å². The molecule has 1 heterocycles. The van der Waals surface area contributed by atoms with Gasteiger partial charge in [-0.2, -0.15) is 15.2 Å². The van der Waals surface area contributed by atoms with Gasteiger partial charge in [0.15, 0.2) is 5.69 Å². The van der Waals surface area contributed by atoms with Crippen LogP contribution in [0.15, 0.2) is 24.3 Å². The molecule has 0 spiro atoms. The molecule has 24 heavy (non-hydrogen) atoms. The number of halogens is 1. The van der Waals surface area contributed by atoms with Crippen molar-refractivity contribution >= 4 is 17.5 Å². The zero-order valence-electron chi connectivity index (χ0n) is 13.4. The van der Waals surface area contributed by atoms with Crippen molar-refractivity contribution in [3.8, 4) is 11.8 Å². The van der Waals surface area contributed by atoms with E-state index in [4.69, 9.17) is 11.6 Å². The van der Waals surface area contributed by atoms with Crippen LogP contribution in [0.2, 0.25) is 5.02 Å². The van der Waals surface area contributed by atoms with Gasteiger partial charge in [0, 0.05) is 5.02 Å². The van der Waals surface area contributed by atoms with Crippen molar-refractivity contribution < 1.29 is 4.79 Å². The summed E-state index contributed by atoms with van der Waals surface area (Å²) in [6, 6.07) is 9.37. The zero-order chi connectivity index (χ0) is 17.2. The molecule has 0 bridgehead atoms. The van der Waals surface area contributed by atoms with E-state index in [9.17, 15) is 10.1 Å². The average Bonchev–Trinajstić information content (AvgIpc) is 2.98. The number of nitrogens with zero attached hydrogens (tertiary/aromatic N) is 4. The standard InChI is InChI=1S/C17H18ClN5O/c1-12-15(16(24)20-17(11-19)8-3-2-4-9-17)22-23(21-12)14-7-5-6-13(18)10-14/h5-7,10H,2-4,8-9H2,1H3,(H,20,24). The van der Waals surface area contributed by atoms with Gasteiger partial charge in [-0.3, -0.25) is 4.79 Å². The number of carbonyl (C=O) groups is 1. The van der Waals surface area contributed by atoms with E-state index in [-0.39, 0.29) is 11.6 Å². The molecule has 0 radical (unpaired) electrons. The van der Waals surface area contributed by atoms with Gasteiger partial charge in [-0.05, 0) is 38.0 Å². The molecular formula is C17H18ClN5O. The summed E-state index contributed by atoms with van der Waals surface area (Å²) >= 11 is 5.99. The summed E-state index contributed by atoms with van der Waals surface area (Å²) in [5.41, 5.74) is 0.630. The molecule has 1 saturated carbocycles. The van der Waals surface area contributed by atoms with Gasteiger partial charge >= 0.3 is 0 Å². The van der Waals surface area contributed by atoms with E-state index in [1.54, 1.807) is 25.1 Å². The third-order valence-corrected chi connectivity index (χ3v) is 4.55. The highest BCUT2D eigenvalue weighted by molar-refractivity contribution is 6.30. The fourth-order valence-electron chi connectivity index (χ4n) is 3.00. The highest BCUT2D eigenvalue weighted by atomic mass is 35.5. The van der Waals surface area contributed by atoms with Gasteiger partial charge in [-0.25, -0.2) is 0 Å². The van der Waals surface area contributed by atoms with Crippen LogP contribution >= 0.6 is 11.6 Å². The van der Waals surface area contributed by atoms with Crippen LogP contribution in [0.1, 0.15) is 48.3 Å². The maximum atomic E-state index is 12.6. The number of rotatable bonds is 3. The van der Waals surface area contributed by atoms with Crippen molar-refractivity contribution in [2.45, 2.75) is 44.6 Å². The van der Waals surface area contributed by atoms with Crippen LogP contribution < -0.4 is 5.32 Å². The zero-order valence-corrected chi connectivity index (χ0v) is 14.2. The molecule has 0 atom stereocenters. The fraction of sp³-hybridized carbons (Fsp3) is 0.412. The smallest absolute Gasteiger partial charge is 0.275 e. The molecule has 2 aromatic rings. The second-order valence-electron chi connectivity index (χ2n) is 6.11. The Kier molecular flexibility index (Phi) is 4.54. The Morgan fingerprint density at radius 1 is 1.33 bits per heavy atom. The highest BCUT2D eigenvalue weighted by Gasteiger charge is 2.35. The quantitative estimate of drug-likeness (QED) is 0.927. The number of nitrogens with one attached hydrogen (secondary N) is 1. The Balaban J connectivity index is 1.84. The number of nitriles is 1. The lowest BCUT2D eigenvalue weighted by Crippen LogP contribution is -2.48. The van der Waals surface area contributed by atoms with Gasteiger partial charge in [-0.15, -0.1) is 5.10 Å². The molecule has 0 unspecified atom stereocenters. The monoisotopic (exact) mass is 343 g/mol. The molecule has 1 aliphatic rings. The second-order valence-corrected chi connectivity index (χ2v) is 6.55. The van der Waals surface area contributed by atoms with E-state index in [0.29, 0.717) is 29.2 Å². The van der Waals surface area contributed by atoms with Crippen LogP contribution in [0.3, 0.4) is 0 Å². The molecule has 1 aromatic heterocycles. The van der Waals surface area contributed by atoms with E-state index >= 15 is 0 Å². The highest BCUT2D eigenvalue weighted by Crippen LogP contribution is 2.28. The molecule has 0 aliphatic heterocycles. The molecule has 1 amide bonds. The SMILES string of the molecule is Cc1nn(-c2cccc(Cl)c2)nc1C(=O)NC1(C#N)CCCCC1. The summed E-state index contributed by atoms with van der Waals surface area (Å²) in [4.78, 5) is 14.0. The third-order valence-electron chi connectivity index (χ3n) is 4.31. The van der Waals surface area contributed by atoms with Crippen LogP contribution in [0.25, 0.3) is 5.69 Å². The lowest BCUT2D eigenvalue weighted by molar-refractivity contribution is 0.0896. The minimum Gasteiger partial charge on any atom is -0.332 e. The molecule has 3 rings (SSSR count). The van der Waals surface area contributed by atoms with Crippen molar-refractivity contribution in [3.63, 3.8) is 0 Å². The summed E-state index contributed by atoms with van der Waals surface area (Å²) in [6.07, 6.45) is 4.35. The molecule has 1 N–H and O–H groups in total. The Morgan fingerprint density at radius 3 is 2.75 bits per heavy atom. The Bertz CT molecular complexity index is 802. The van der Waals surface area contributed by atoms with Crippen LogP contribution in [0.4, 0.5) is 0 Å². The minimum atomic E-state index is -0.790. The number of benzene rings is 1. The topological polar surface area (TPSA) is 83.6 Å². The number of hydrogen-bond acceptors (Lipinski definition) is 4. The lowest BCUT2D eigenvalue weighted by Gasteiger charge is -2.31. The van der Waals surface area contributed by atoms with Crippen molar-refractivity contribution in [1.82, 2.24) is 20.3 Å². The van der Waals surface area contributed by atoms with Crippen molar-refractivity contribution in [2.24, 2.45) is 0 Å². The molecule has 1 fully saturated rings. The van der Waals surface area contributed by atoms with Gasteiger partial charge in [-0.1, -0.05) is 36.9 Å². The molecular weight excluding hydrogens is 326 g/mol. The molecule has 124 valence electrons. The predicted molar refractivity (Wildman–Crippen MR) is 90.0 cm³/mol.